The van der Waals surface area contributed by atoms with Crippen LogP contribution in [0.1, 0.15) is 348 Å². The molecule has 2 fully saturated rings. The summed E-state index contributed by atoms with van der Waals surface area (Å²) in [5.41, 5.74) is 0. The minimum absolute atomic E-state index is 0.199. The summed E-state index contributed by atoms with van der Waals surface area (Å²) in [4.78, 5) is 13.4. The molecule has 0 aromatic rings. The molecule has 0 bridgehead atoms. The number of carbonyl (C=O) groups is 1. The fraction of sp³-hybridized carbons (Fsp3) is 0.932. The van der Waals surface area contributed by atoms with E-state index < -0.39 is 86.8 Å². The van der Waals surface area contributed by atoms with Crippen LogP contribution in [0.5, 0.6) is 0 Å². The summed E-state index contributed by atoms with van der Waals surface area (Å²) in [5, 5.41) is 87.6. The summed E-state index contributed by atoms with van der Waals surface area (Å²) >= 11 is 0. The van der Waals surface area contributed by atoms with Crippen molar-refractivity contribution < 1.29 is 64.6 Å². The number of aliphatic hydroxyl groups is 8. The lowest BCUT2D eigenvalue weighted by Crippen LogP contribution is -2.65. The van der Waals surface area contributed by atoms with E-state index in [4.69, 9.17) is 18.9 Å². The zero-order valence-electron chi connectivity index (χ0n) is 56.7. The molecule has 12 unspecified atom stereocenters. The van der Waals surface area contributed by atoms with Crippen LogP contribution in [-0.2, 0) is 23.7 Å². The van der Waals surface area contributed by atoms with Gasteiger partial charge in [0.15, 0.2) is 12.6 Å². The topological polar surface area (TPSA) is 228 Å². The van der Waals surface area contributed by atoms with E-state index in [0.29, 0.717) is 12.8 Å². The Hall–Kier alpha value is -1.53. The first-order valence-electron chi connectivity index (χ1n) is 37.6. The Bertz CT molecular complexity index is 1570. The average Bonchev–Trinajstić information content (AvgIpc) is 2.07. The Morgan fingerprint density at radius 2 is 0.750 bits per heavy atom. The lowest BCUT2D eigenvalue weighted by Gasteiger charge is -2.46. The van der Waals surface area contributed by atoms with Gasteiger partial charge in [-0.05, 0) is 44.9 Å². The van der Waals surface area contributed by atoms with Gasteiger partial charge in [0.25, 0.3) is 0 Å². The molecule has 2 aliphatic rings. The van der Waals surface area contributed by atoms with Crippen LogP contribution in [0.2, 0.25) is 0 Å². The summed E-state index contributed by atoms with van der Waals surface area (Å²) < 4.78 is 22.9. The van der Waals surface area contributed by atoms with Crippen LogP contribution in [0.4, 0.5) is 0 Å². The number of hydrogen-bond acceptors (Lipinski definition) is 13. The van der Waals surface area contributed by atoms with Crippen LogP contribution in [-0.4, -0.2) is 140 Å². The van der Waals surface area contributed by atoms with E-state index in [1.54, 1.807) is 0 Å². The molecule has 14 heteroatoms. The Labute approximate surface area is 539 Å². The minimum atomic E-state index is -1.78. The van der Waals surface area contributed by atoms with Gasteiger partial charge in [-0.25, -0.2) is 0 Å². The van der Waals surface area contributed by atoms with Crippen molar-refractivity contribution in [3.63, 3.8) is 0 Å². The van der Waals surface area contributed by atoms with Crippen LogP contribution in [0.3, 0.4) is 0 Å². The van der Waals surface area contributed by atoms with Gasteiger partial charge in [0.05, 0.1) is 32.0 Å². The molecular formula is C74H141NO13. The molecule has 2 rings (SSSR count). The molecule has 0 radical (unpaired) electrons. The first kappa shape index (κ1) is 82.6. The number of unbranched alkanes of at least 4 members (excludes halogenated alkanes) is 46. The third kappa shape index (κ3) is 42.6. The summed E-state index contributed by atoms with van der Waals surface area (Å²) in [5.74, 6) is -0.199. The Balaban J connectivity index is 1.57. The van der Waals surface area contributed by atoms with E-state index in [1.807, 2.05) is 0 Å². The van der Waals surface area contributed by atoms with E-state index in [0.717, 1.165) is 57.8 Å². The van der Waals surface area contributed by atoms with Crippen LogP contribution in [0, 0.1) is 0 Å². The molecular weight excluding hydrogens is 1110 g/mol. The van der Waals surface area contributed by atoms with Crippen molar-refractivity contribution in [3.05, 3.63) is 24.3 Å². The lowest BCUT2D eigenvalue weighted by molar-refractivity contribution is -0.359. The maximum atomic E-state index is 13.4. The van der Waals surface area contributed by atoms with Gasteiger partial charge in [0.2, 0.25) is 5.91 Å². The molecule has 0 aromatic heterocycles. The normalized spacial score (nSPS) is 23.2. The predicted molar refractivity (Wildman–Crippen MR) is 360 cm³/mol. The molecule has 14 nitrogen and oxygen atoms in total. The highest BCUT2D eigenvalue weighted by Gasteiger charge is 2.51. The fourth-order valence-corrected chi connectivity index (χ4v) is 12.7. The SMILES string of the molecule is CCCCCCC/C=C\C/C=C\CCCCCCCCCCCCCCCCCCCCCCCCCCCC(=O)NC(COC1OC(CO)C(OC2OC(CO)C(O)C(O)C2O)C(O)C1O)C(O)CCCCCCCCCCCCCCCCCCC. The molecule has 0 spiro atoms. The quantitative estimate of drug-likeness (QED) is 0.0204. The number of hydrogen-bond donors (Lipinski definition) is 9. The van der Waals surface area contributed by atoms with E-state index in [9.17, 15) is 45.6 Å². The number of aliphatic hydroxyl groups excluding tert-OH is 8. The predicted octanol–water partition coefficient (Wildman–Crippen LogP) is 15.9. The van der Waals surface area contributed by atoms with Crippen LogP contribution in [0.25, 0.3) is 0 Å². The molecule has 2 aliphatic heterocycles. The van der Waals surface area contributed by atoms with Crippen molar-refractivity contribution in [3.8, 4) is 0 Å². The maximum Gasteiger partial charge on any atom is 0.220 e. The van der Waals surface area contributed by atoms with E-state index in [-0.39, 0.29) is 12.5 Å². The molecule has 520 valence electrons. The standard InChI is InChI=1S/C74H141NO13/c1-3-5-7-9-11-13-15-17-19-21-22-23-24-25-26-27-28-29-30-31-32-33-34-35-36-37-38-39-40-42-44-46-48-50-52-54-56-58-66(79)75-62(63(78)57-55-53-51-49-47-45-43-41-20-18-16-14-12-10-8-6-4-2)61-85-73-71(84)69(82)72(65(60-77)87-73)88-74-70(83)68(81)67(80)64(59-76)86-74/h15,17,21-22,62-65,67-74,76-78,80-84H,3-14,16,18-20,23-61H2,1-2H3,(H,75,79)/b17-15-,22-21-. The second kappa shape index (κ2) is 59.2. The monoisotopic (exact) mass is 1250 g/mol. The summed E-state index contributed by atoms with van der Waals surface area (Å²) in [6.07, 6.45) is 57.9. The van der Waals surface area contributed by atoms with Crippen molar-refractivity contribution in [2.45, 2.75) is 421 Å². The molecule has 2 saturated heterocycles. The summed E-state index contributed by atoms with van der Waals surface area (Å²) in [6.45, 7) is 2.90. The number of allylic oxidation sites excluding steroid dienone is 4. The van der Waals surface area contributed by atoms with E-state index >= 15 is 0 Å². The van der Waals surface area contributed by atoms with Gasteiger partial charge in [-0.15, -0.1) is 0 Å². The van der Waals surface area contributed by atoms with Crippen molar-refractivity contribution >= 4 is 5.91 Å². The van der Waals surface area contributed by atoms with Gasteiger partial charge in [-0.2, -0.15) is 0 Å². The first-order valence-corrected chi connectivity index (χ1v) is 37.6. The van der Waals surface area contributed by atoms with Crippen LogP contribution < -0.4 is 5.32 Å². The number of nitrogens with one attached hydrogen (secondary N) is 1. The molecule has 9 N–H and O–H groups in total. The highest BCUT2D eigenvalue weighted by Crippen LogP contribution is 2.30. The number of ether oxygens (including phenoxy) is 4. The molecule has 12 atom stereocenters. The van der Waals surface area contributed by atoms with Gasteiger partial charge in [0, 0.05) is 6.42 Å². The maximum absolute atomic E-state index is 13.4. The van der Waals surface area contributed by atoms with Crippen molar-refractivity contribution in [2.75, 3.05) is 19.8 Å². The first-order chi connectivity index (χ1) is 43.1. The van der Waals surface area contributed by atoms with E-state index in [2.05, 4.69) is 43.5 Å². The third-order valence-corrected chi connectivity index (χ3v) is 18.7. The van der Waals surface area contributed by atoms with Crippen molar-refractivity contribution in [2.24, 2.45) is 0 Å². The Kier molecular flexibility index (Phi) is 55.6. The van der Waals surface area contributed by atoms with Crippen molar-refractivity contribution in [1.29, 1.82) is 0 Å². The number of rotatable bonds is 63. The Morgan fingerprint density at radius 1 is 0.409 bits per heavy atom. The number of amides is 1. The fourth-order valence-electron chi connectivity index (χ4n) is 12.7. The smallest absolute Gasteiger partial charge is 0.220 e. The molecule has 0 aliphatic carbocycles. The van der Waals surface area contributed by atoms with Gasteiger partial charge >= 0.3 is 0 Å². The van der Waals surface area contributed by atoms with Gasteiger partial charge in [0.1, 0.15) is 48.8 Å². The van der Waals surface area contributed by atoms with Crippen LogP contribution >= 0.6 is 0 Å². The average molecular weight is 1250 g/mol. The molecule has 88 heavy (non-hydrogen) atoms. The van der Waals surface area contributed by atoms with Gasteiger partial charge in [-0.1, -0.05) is 321 Å². The zero-order valence-corrected chi connectivity index (χ0v) is 56.7. The highest BCUT2D eigenvalue weighted by atomic mass is 16.7. The lowest BCUT2D eigenvalue weighted by atomic mass is 9.97. The van der Waals surface area contributed by atoms with Gasteiger partial charge < -0.3 is 65.1 Å². The Morgan fingerprint density at radius 3 is 1.14 bits per heavy atom. The van der Waals surface area contributed by atoms with Gasteiger partial charge in [-0.3, -0.25) is 4.79 Å². The second-order valence-electron chi connectivity index (χ2n) is 26.8. The largest absolute Gasteiger partial charge is 0.394 e. The molecule has 1 amide bonds. The third-order valence-electron chi connectivity index (χ3n) is 18.7. The highest BCUT2D eigenvalue weighted by molar-refractivity contribution is 5.76. The molecule has 2 heterocycles. The number of carbonyl (C=O) groups excluding carboxylic acids is 1. The minimum Gasteiger partial charge on any atom is -0.394 e. The zero-order chi connectivity index (χ0) is 63.8. The van der Waals surface area contributed by atoms with E-state index in [1.165, 1.54) is 263 Å². The van der Waals surface area contributed by atoms with Crippen molar-refractivity contribution in [1.82, 2.24) is 5.32 Å². The summed E-state index contributed by atoms with van der Waals surface area (Å²) in [7, 11) is 0. The molecule has 0 aromatic carbocycles. The molecule has 0 saturated carbocycles. The van der Waals surface area contributed by atoms with Crippen LogP contribution in [0.15, 0.2) is 24.3 Å². The summed E-state index contributed by atoms with van der Waals surface area (Å²) in [6, 6.07) is -0.826. The second-order valence-corrected chi connectivity index (χ2v) is 26.8.